The minimum atomic E-state index is -4.05. The van der Waals surface area contributed by atoms with Gasteiger partial charge in [0.2, 0.25) is 10.0 Å². The van der Waals surface area contributed by atoms with Gasteiger partial charge in [-0.25, -0.2) is 8.42 Å². The summed E-state index contributed by atoms with van der Waals surface area (Å²) in [6.45, 7) is 0.192. The van der Waals surface area contributed by atoms with Crippen molar-refractivity contribution in [3.63, 3.8) is 0 Å². The number of hydrogen-bond acceptors (Lipinski definition) is 5. The molecule has 29 heavy (non-hydrogen) atoms. The van der Waals surface area contributed by atoms with Gasteiger partial charge in [-0.15, -0.1) is 0 Å². The number of sulfonamides is 1. The van der Waals surface area contributed by atoms with Crippen molar-refractivity contribution in [3.8, 4) is 0 Å². The fraction of sp³-hybridized carbons (Fsp3) is 0.263. The maximum atomic E-state index is 13.2. The molecule has 0 bridgehead atoms. The summed E-state index contributed by atoms with van der Waals surface area (Å²) in [6.07, 6.45) is 0.917. The zero-order valence-corrected chi connectivity index (χ0v) is 17.7. The first-order chi connectivity index (χ1) is 13.8. The fourth-order valence-electron chi connectivity index (χ4n) is 3.15. The first-order valence-corrected chi connectivity index (χ1v) is 10.9. The van der Waals surface area contributed by atoms with Crippen molar-refractivity contribution in [2.75, 3.05) is 19.0 Å². The zero-order chi connectivity index (χ0) is 21.2. The van der Waals surface area contributed by atoms with E-state index in [0.717, 1.165) is 4.31 Å². The van der Waals surface area contributed by atoms with Crippen molar-refractivity contribution in [1.29, 1.82) is 0 Å². The zero-order valence-electron chi connectivity index (χ0n) is 15.4. The van der Waals surface area contributed by atoms with Crippen LogP contribution in [0.15, 0.2) is 47.4 Å². The Hall–Kier alpha value is -2.13. The largest absolute Gasteiger partial charge is 0.468 e. The summed E-state index contributed by atoms with van der Waals surface area (Å²) in [5, 5.41) is 3.11. The molecule has 1 saturated heterocycles. The minimum absolute atomic E-state index is 0.0964. The number of carbonyl (C=O) groups is 2. The predicted octanol–water partition coefficient (Wildman–Crippen LogP) is 3.57. The number of para-hydroxylation sites is 1. The molecule has 10 heteroatoms. The van der Waals surface area contributed by atoms with Crippen LogP contribution in [0.3, 0.4) is 0 Å². The molecule has 0 unspecified atom stereocenters. The number of rotatable bonds is 5. The van der Waals surface area contributed by atoms with Gasteiger partial charge in [0.25, 0.3) is 5.91 Å². The summed E-state index contributed by atoms with van der Waals surface area (Å²) in [5.41, 5.74) is 0.319. The summed E-state index contributed by atoms with van der Waals surface area (Å²) in [6, 6.07) is 9.48. The molecule has 1 amide bonds. The number of esters is 1. The molecule has 3 rings (SSSR count). The molecule has 7 nitrogen and oxygen atoms in total. The smallest absolute Gasteiger partial charge is 0.324 e. The number of hydrogen-bond donors (Lipinski definition) is 1. The maximum absolute atomic E-state index is 13.2. The molecule has 1 aliphatic heterocycles. The van der Waals surface area contributed by atoms with Gasteiger partial charge in [0.05, 0.1) is 22.8 Å². The lowest BCUT2D eigenvalue weighted by Gasteiger charge is -2.23. The standard InChI is InChI=1S/C19H18Cl2N2O5S/c1-28-19(25)16-6-4-10-23(16)29(26,27)17-7-3-2-5-15(17)22-18(24)12-8-9-13(20)14(21)11-12/h2-3,5,7-9,11,16H,4,6,10H2,1H3,(H,22,24)/t16-/m1/s1. The Balaban J connectivity index is 1.93. The van der Waals surface area contributed by atoms with Crippen LogP contribution in [0.25, 0.3) is 0 Å². The van der Waals surface area contributed by atoms with E-state index in [4.69, 9.17) is 27.9 Å². The van der Waals surface area contributed by atoms with E-state index >= 15 is 0 Å². The van der Waals surface area contributed by atoms with Crippen LogP contribution in [-0.2, 0) is 19.6 Å². The number of amides is 1. The molecular weight excluding hydrogens is 439 g/mol. The number of ether oxygens (including phenoxy) is 1. The molecule has 0 aromatic heterocycles. The number of methoxy groups -OCH3 is 1. The number of nitrogens with one attached hydrogen (secondary N) is 1. The highest BCUT2D eigenvalue weighted by Crippen LogP contribution is 2.31. The minimum Gasteiger partial charge on any atom is -0.468 e. The van der Waals surface area contributed by atoms with E-state index in [1.54, 1.807) is 12.1 Å². The van der Waals surface area contributed by atoms with Crippen LogP contribution in [0.4, 0.5) is 5.69 Å². The van der Waals surface area contributed by atoms with Gasteiger partial charge in [-0.2, -0.15) is 4.31 Å². The van der Waals surface area contributed by atoms with Crippen LogP contribution < -0.4 is 5.32 Å². The summed E-state index contributed by atoms with van der Waals surface area (Å²) >= 11 is 11.8. The van der Waals surface area contributed by atoms with Gasteiger partial charge < -0.3 is 10.1 Å². The molecule has 1 N–H and O–H groups in total. The van der Waals surface area contributed by atoms with Gasteiger partial charge in [0, 0.05) is 12.1 Å². The second kappa shape index (κ2) is 8.71. The maximum Gasteiger partial charge on any atom is 0.324 e. The fourth-order valence-corrected chi connectivity index (χ4v) is 5.25. The number of anilines is 1. The first kappa shape index (κ1) is 21.6. The van der Waals surface area contributed by atoms with Crippen LogP contribution in [0, 0.1) is 0 Å². The number of halogens is 2. The molecule has 2 aromatic rings. The predicted molar refractivity (Wildman–Crippen MR) is 110 cm³/mol. The Bertz CT molecular complexity index is 1060. The SMILES string of the molecule is COC(=O)[C@H]1CCCN1S(=O)(=O)c1ccccc1NC(=O)c1ccc(Cl)c(Cl)c1. The third-order valence-electron chi connectivity index (χ3n) is 4.58. The van der Waals surface area contributed by atoms with Crippen LogP contribution in [0.5, 0.6) is 0 Å². The first-order valence-electron chi connectivity index (χ1n) is 8.71. The van der Waals surface area contributed by atoms with Gasteiger partial charge in [-0.1, -0.05) is 35.3 Å². The van der Waals surface area contributed by atoms with Crippen molar-refractivity contribution >= 4 is 50.8 Å². The number of benzene rings is 2. The van der Waals surface area contributed by atoms with E-state index < -0.39 is 27.9 Å². The molecule has 1 aliphatic rings. The molecule has 0 radical (unpaired) electrons. The van der Waals surface area contributed by atoms with Crippen molar-refractivity contribution in [1.82, 2.24) is 4.31 Å². The van der Waals surface area contributed by atoms with E-state index in [2.05, 4.69) is 5.32 Å². The van der Waals surface area contributed by atoms with E-state index in [1.165, 1.54) is 37.4 Å². The molecular formula is C19H18Cl2N2O5S. The van der Waals surface area contributed by atoms with Gasteiger partial charge in [-0.3, -0.25) is 9.59 Å². The van der Waals surface area contributed by atoms with Gasteiger partial charge in [0.1, 0.15) is 10.9 Å². The summed E-state index contributed by atoms with van der Waals surface area (Å²) < 4.78 is 32.3. The molecule has 1 atom stereocenters. The lowest BCUT2D eigenvalue weighted by molar-refractivity contribution is -0.144. The molecule has 154 valence electrons. The van der Waals surface area contributed by atoms with E-state index in [0.29, 0.717) is 17.9 Å². The lowest BCUT2D eigenvalue weighted by atomic mass is 10.2. The van der Waals surface area contributed by atoms with Crippen LogP contribution in [0.1, 0.15) is 23.2 Å². The summed E-state index contributed by atoms with van der Waals surface area (Å²) in [7, 11) is -2.83. The van der Waals surface area contributed by atoms with E-state index in [-0.39, 0.29) is 27.7 Å². The normalized spacial score (nSPS) is 17.1. The van der Waals surface area contributed by atoms with Crippen molar-refractivity contribution in [2.45, 2.75) is 23.8 Å². The second-order valence-electron chi connectivity index (χ2n) is 6.38. The molecule has 0 spiro atoms. The van der Waals surface area contributed by atoms with Crippen molar-refractivity contribution in [2.24, 2.45) is 0 Å². The van der Waals surface area contributed by atoms with Crippen LogP contribution in [0.2, 0.25) is 10.0 Å². The highest BCUT2D eigenvalue weighted by Gasteiger charge is 2.41. The molecule has 0 saturated carbocycles. The lowest BCUT2D eigenvalue weighted by Crippen LogP contribution is -2.41. The van der Waals surface area contributed by atoms with Gasteiger partial charge >= 0.3 is 5.97 Å². The molecule has 2 aromatic carbocycles. The van der Waals surface area contributed by atoms with E-state index in [9.17, 15) is 18.0 Å². The molecule has 0 aliphatic carbocycles. The average molecular weight is 457 g/mol. The molecule has 1 heterocycles. The topological polar surface area (TPSA) is 92.8 Å². The van der Waals surface area contributed by atoms with Crippen LogP contribution in [-0.4, -0.2) is 44.3 Å². The highest BCUT2D eigenvalue weighted by atomic mass is 35.5. The summed E-state index contributed by atoms with van der Waals surface area (Å²) in [4.78, 5) is 24.5. The number of nitrogens with zero attached hydrogens (tertiary/aromatic N) is 1. The average Bonchev–Trinajstić information content (AvgIpc) is 3.20. The number of carbonyl (C=O) groups excluding carboxylic acids is 2. The Morgan fingerprint density at radius 1 is 1.14 bits per heavy atom. The van der Waals surface area contributed by atoms with Crippen LogP contribution >= 0.6 is 23.2 Å². The van der Waals surface area contributed by atoms with Gasteiger partial charge in [0.15, 0.2) is 0 Å². The summed E-state index contributed by atoms with van der Waals surface area (Å²) in [5.74, 6) is -1.15. The van der Waals surface area contributed by atoms with Crippen molar-refractivity contribution < 1.29 is 22.7 Å². The quantitative estimate of drug-likeness (QED) is 0.693. The third-order valence-corrected chi connectivity index (χ3v) is 7.29. The third kappa shape index (κ3) is 4.40. The second-order valence-corrected chi connectivity index (χ2v) is 9.05. The Labute approximate surface area is 178 Å². The Morgan fingerprint density at radius 3 is 2.55 bits per heavy atom. The van der Waals surface area contributed by atoms with E-state index in [1.807, 2.05) is 0 Å². The Morgan fingerprint density at radius 2 is 1.86 bits per heavy atom. The highest BCUT2D eigenvalue weighted by molar-refractivity contribution is 7.89. The van der Waals surface area contributed by atoms with Gasteiger partial charge in [-0.05, 0) is 43.2 Å². The monoisotopic (exact) mass is 456 g/mol. The Kier molecular flexibility index (Phi) is 6.48. The molecule has 1 fully saturated rings. The van der Waals surface area contributed by atoms with Crippen molar-refractivity contribution in [3.05, 3.63) is 58.1 Å².